The predicted octanol–water partition coefficient (Wildman–Crippen LogP) is 4.18. The van der Waals surface area contributed by atoms with E-state index in [2.05, 4.69) is 21.6 Å². The molecule has 1 aliphatic carbocycles. The van der Waals surface area contributed by atoms with E-state index in [9.17, 15) is 13.6 Å². The number of hydrogen-bond acceptors (Lipinski definition) is 6. The van der Waals surface area contributed by atoms with Gasteiger partial charge in [0.1, 0.15) is 24.3 Å². The van der Waals surface area contributed by atoms with Gasteiger partial charge in [0.15, 0.2) is 17.4 Å². The summed E-state index contributed by atoms with van der Waals surface area (Å²) in [7, 11) is 0. The lowest BCUT2D eigenvalue weighted by molar-refractivity contribution is -0.129. The van der Waals surface area contributed by atoms with Gasteiger partial charge in [-0.2, -0.15) is 0 Å². The van der Waals surface area contributed by atoms with E-state index in [1.54, 1.807) is 24.9 Å². The molecular formula is C26H32F2N6O2. The van der Waals surface area contributed by atoms with Gasteiger partial charge in [0.05, 0.1) is 17.9 Å². The van der Waals surface area contributed by atoms with Gasteiger partial charge in [-0.05, 0) is 31.4 Å². The van der Waals surface area contributed by atoms with Crippen LogP contribution in [0.15, 0.2) is 39.9 Å². The minimum Gasteiger partial charge on any atom is -0.488 e. The first-order chi connectivity index (χ1) is 17.3. The van der Waals surface area contributed by atoms with Crippen molar-refractivity contribution in [1.82, 2.24) is 14.9 Å². The van der Waals surface area contributed by atoms with Gasteiger partial charge in [0.25, 0.3) is 0 Å². The number of piperidine rings is 1. The molecule has 1 saturated heterocycles. The number of amides is 1. The second-order valence-corrected chi connectivity index (χ2v) is 9.39. The van der Waals surface area contributed by atoms with Crippen LogP contribution in [-0.4, -0.2) is 65.7 Å². The largest absolute Gasteiger partial charge is 0.488 e. The average molecular weight is 499 g/mol. The van der Waals surface area contributed by atoms with E-state index in [-0.39, 0.29) is 17.8 Å². The molecule has 1 unspecified atom stereocenters. The molecule has 1 fully saturated rings. The van der Waals surface area contributed by atoms with Gasteiger partial charge >= 0.3 is 0 Å². The highest BCUT2D eigenvalue weighted by atomic mass is 19.1. The number of hydrogen-bond donors (Lipinski definition) is 0. The molecule has 10 heteroatoms. The Morgan fingerprint density at radius 3 is 2.64 bits per heavy atom. The van der Waals surface area contributed by atoms with Crippen LogP contribution >= 0.6 is 0 Å². The van der Waals surface area contributed by atoms with E-state index < -0.39 is 17.9 Å². The summed E-state index contributed by atoms with van der Waals surface area (Å²) in [5.74, 6) is -0.149. The second-order valence-electron chi connectivity index (χ2n) is 9.39. The molecule has 0 bridgehead atoms. The Kier molecular flexibility index (Phi) is 7.91. The number of fused-ring (bicyclic) bond motifs is 1. The Bertz CT molecular complexity index is 1140. The number of ether oxygens (including phenoxy) is 1. The first-order valence-corrected chi connectivity index (χ1v) is 12.2. The fourth-order valence-electron chi connectivity index (χ4n) is 4.57. The molecule has 0 saturated carbocycles. The highest BCUT2D eigenvalue weighted by molar-refractivity contribution is 5.74. The Labute approximate surface area is 210 Å². The fraction of sp³-hybridized carbons (Fsp3) is 0.500. The van der Waals surface area contributed by atoms with Gasteiger partial charge in [-0.25, -0.2) is 23.7 Å². The highest BCUT2D eigenvalue weighted by Gasteiger charge is 2.30. The van der Waals surface area contributed by atoms with E-state index in [0.717, 1.165) is 28.9 Å². The second kappa shape index (κ2) is 11.1. The van der Waals surface area contributed by atoms with Crippen molar-refractivity contribution in [1.29, 1.82) is 0 Å². The van der Waals surface area contributed by atoms with Gasteiger partial charge in [-0.1, -0.05) is 6.92 Å². The number of nitrogens with zero attached hydrogens (tertiary/aromatic N) is 6. The fourth-order valence-corrected chi connectivity index (χ4v) is 4.57. The molecule has 0 radical (unpaired) electrons. The lowest BCUT2D eigenvalue weighted by atomic mass is 9.99. The summed E-state index contributed by atoms with van der Waals surface area (Å²) in [4.78, 5) is 33.5. The van der Waals surface area contributed by atoms with E-state index >= 15 is 0 Å². The van der Waals surface area contributed by atoms with Crippen molar-refractivity contribution in [2.75, 3.05) is 24.5 Å². The molecule has 36 heavy (non-hydrogen) atoms. The number of carbonyl (C=O) groups excluding carboxylic acids is 1. The number of allylic oxidation sites excluding steroid dienone is 4. The van der Waals surface area contributed by atoms with Crippen LogP contribution in [0.5, 0.6) is 0 Å². The molecule has 0 N–H and O–H groups in total. The highest BCUT2D eigenvalue weighted by Crippen LogP contribution is 2.32. The smallest absolute Gasteiger partial charge is 0.219 e. The SMILES string of the molecule is C=NC=N/C=C(\C)c1nc2c(nc1N1CCC(OC3=CC(C)[C@@H](F)C=C3F)CC1)CCN(C(C)=O)C2. The van der Waals surface area contributed by atoms with E-state index in [0.29, 0.717) is 51.1 Å². The number of halogens is 2. The summed E-state index contributed by atoms with van der Waals surface area (Å²) in [6.45, 7) is 10.9. The van der Waals surface area contributed by atoms with Crippen molar-refractivity contribution in [2.45, 2.75) is 58.9 Å². The molecule has 0 spiro atoms. The lowest BCUT2D eigenvalue weighted by Crippen LogP contribution is -2.39. The number of carbonyl (C=O) groups is 1. The van der Waals surface area contributed by atoms with Crippen molar-refractivity contribution in [3.63, 3.8) is 0 Å². The first kappa shape index (κ1) is 25.7. The molecule has 3 aliphatic rings. The standard InChI is InChI=1S/C26H32F2N6O2/c1-16-11-24(21(28)12-20(16)27)36-19-5-8-33(9-6-19)26-25(17(2)13-30-15-29-4)31-23-14-34(18(3)35)10-7-22(23)32-26/h11-13,15-16,19-20H,4-10,14H2,1-3H3/b17-13+,30-15?/t16?,20-/m0/s1. The van der Waals surface area contributed by atoms with E-state index in [1.165, 1.54) is 12.4 Å². The minimum absolute atomic E-state index is 0.0138. The summed E-state index contributed by atoms with van der Waals surface area (Å²) in [6, 6.07) is 0. The zero-order valence-electron chi connectivity index (χ0n) is 21.0. The van der Waals surface area contributed by atoms with Crippen LogP contribution in [-0.2, 0) is 22.5 Å². The van der Waals surface area contributed by atoms with Crippen molar-refractivity contribution in [3.8, 4) is 0 Å². The number of anilines is 1. The van der Waals surface area contributed by atoms with Crippen molar-refractivity contribution in [3.05, 3.63) is 47.0 Å². The number of rotatable bonds is 6. The summed E-state index contributed by atoms with van der Waals surface area (Å²) >= 11 is 0. The molecule has 0 aromatic carbocycles. The van der Waals surface area contributed by atoms with Crippen molar-refractivity contribution < 1.29 is 18.3 Å². The number of aliphatic imine (C=N–C) groups is 2. The molecule has 3 heterocycles. The third-order valence-corrected chi connectivity index (χ3v) is 6.72. The zero-order chi connectivity index (χ0) is 25.8. The van der Waals surface area contributed by atoms with Crippen LogP contribution in [0.1, 0.15) is 50.7 Å². The monoisotopic (exact) mass is 498 g/mol. The number of aromatic nitrogens is 2. The van der Waals surface area contributed by atoms with Crippen molar-refractivity contribution in [2.24, 2.45) is 15.9 Å². The summed E-state index contributed by atoms with van der Waals surface area (Å²) in [5, 5.41) is 0. The molecule has 192 valence electrons. The quantitative estimate of drug-likeness (QED) is 0.434. The zero-order valence-corrected chi connectivity index (χ0v) is 21.0. The average Bonchev–Trinajstić information content (AvgIpc) is 2.86. The van der Waals surface area contributed by atoms with Crippen LogP contribution < -0.4 is 4.90 Å². The predicted molar refractivity (Wildman–Crippen MR) is 136 cm³/mol. The lowest BCUT2D eigenvalue weighted by Gasteiger charge is -2.35. The normalized spacial score (nSPS) is 23.3. The van der Waals surface area contributed by atoms with Crippen molar-refractivity contribution >= 4 is 30.4 Å². The van der Waals surface area contributed by atoms with Crippen LogP contribution in [0.2, 0.25) is 0 Å². The van der Waals surface area contributed by atoms with Crippen LogP contribution in [0.4, 0.5) is 14.6 Å². The van der Waals surface area contributed by atoms with E-state index in [1.807, 2.05) is 6.92 Å². The Balaban J connectivity index is 1.54. The third kappa shape index (κ3) is 5.68. The molecule has 1 aromatic rings. The molecule has 2 atom stereocenters. The molecular weight excluding hydrogens is 466 g/mol. The molecule has 2 aliphatic heterocycles. The maximum atomic E-state index is 14.2. The first-order valence-electron chi connectivity index (χ1n) is 12.2. The van der Waals surface area contributed by atoms with Crippen LogP contribution in [0, 0.1) is 5.92 Å². The molecule has 1 amide bonds. The summed E-state index contributed by atoms with van der Waals surface area (Å²) in [6.07, 6.45) is 6.00. The maximum Gasteiger partial charge on any atom is 0.219 e. The Morgan fingerprint density at radius 1 is 1.19 bits per heavy atom. The maximum absolute atomic E-state index is 14.2. The number of alkyl halides is 1. The molecule has 4 rings (SSSR count). The topological polar surface area (TPSA) is 83.3 Å². The third-order valence-electron chi connectivity index (χ3n) is 6.72. The Hall–Kier alpha value is -3.43. The molecule has 1 aromatic heterocycles. The van der Waals surface area contributed by atoms with E-state index in [4.69, 9.17) is 14.7 Å². The van der Waals surface area contributed by atoms with Crippen LogP contribution in [0.25, 0.3) is 5.57 Å². The van der Waals surface area contributed by atoms with Gasteiger partial charge in [-0.15, -0.1) is 0 Å². The molecule has 8 nitrogen and oxygen atoms in total. The summed E-state index contributed by atoms with van der Waals surface area (Å²) < 4.78 is 33.9. The Morgan fingerprint density at radius 2 is 1.94 bits per heavy atom. The minimum atomic E-state index is -1.33. The van der Waals surface area contributed by atoms with Gasteiger partial charge < -0.3 is 14.5 Å². The summed E-state index contributed by atoms with van der Waals surface area (Å²) in [5.41, 5.74) is 3.20. The van der Waals surface area contributed by atoms with Crippen LogP contribution in [0.3, 0.4) is 0 Å². The van der Waals surface area contributed by atoms with Gasteiger partial charge in [0.2, 0.25) is 5.91 Å². The van der Waals surface area contributed by atoms with Gasteiger partial charge in [-0.3, -0.25) is 9.79 Å². The van der Waals surface area contributed by atoms with Gasteiger partial charge in [0, 0.05) is 57.9 Å².